The van der Waals surface area contributed by atoms with Crippen LogP contribution < -0.4 is 26.2 Å². The van der Waals surface area contributed by atoms with Crippen LogP contribution in [0.1, 0.15) is 154 Å². The summed E-state index contributed by atoms with van der Waals surface area (Å²) in [4.78, 5) is 4.67. The molecular weight excluding hydrogens is 1450 g/mol. The molecule has 8 nitrogen and oxygen atoms in total. The Hall–Kier alpha value is -13.2. The molecule has 15 aromatic carbocycles. The summed E-state index contributed by atoms with van der Waals surface area (Å²) in [6.45, 7) is 33.0. The highest BCUT2D eigenvalue weighted by atomic mass is 16.3. The molecule has 2 aliphatic rings. The summed E-state index contributed by atoms with van der Waals surface area (Å²) in [5.74, 6) is 0. The van der Waals surface area contributed by atoms with Crippen molar-refractivity contribution >= 4 is 188 Å². The fourth-order valence-corrected chi connectivity index (χ4v) is 19.3. The van der Waals surface area contributed by atoms with E-state index >= 15 is 0 Å². The number of anilines is 6. The number of rotatable bonds is 6. The van der Waals surface area contributed by atoms with Crippen LogP contribution in [0.5, 0.6) is 0 Å². The molecule has 0 aliphatic carbocycles. The van der Waals surface area contributed by atoms with Crippen molar-refractivity contribution in [2.45, 2.75) is 131 Å². The van der Waals surface area contributed by atoms with E-state index in [0.717, 1.165) is 99.7 Å². The van der Waals surface area contributed by atoms with Gasteiger partial charge in [0, 0.05) is 98.8 Å². The summed E-state index contributed by atoms with van der Waals surface area (Å²) in [6.07, 6.45) is 0. The van der Waals surface area contributed by atoms with Crippen molar-refractivity contribution in [1.29, 1.82) is 0 Å². The maximum atomic E-state index is 9.70. The first-order valence-electron chi connectivity index (χ1n) is 49.0. The Labute approximate surface area is 715 Å². The number of aromatic nitrogens is 4. The second kappa shape index (κ2) is 24.7. The minimum Gasteiger partial charge on any atom is -0.452 e. The van der Waals surface area contributed by atoms with Crippen LogP contribution in [0.4, 0.5) is 34.1 Å². The molecule has 8 heterocycles. The van der Waals surface area contributed by atoms with Gasteiger partial charge in [-0.3, -0.25) is 0 Å². The average molecular weight is 1560 g/mol. The number of hydrogen-bond donors (Lipinski definition) is 0. The summed E-state index contributed by atoms with van der Waals surface area (Å²) >= 11 is 0. The number of nitrogens with zero attached hydrogens (tertiary/aromatic N) is 6. The van der Waals surface area contributed by atoms with Crippen LogP contribution in [-0.4, -0.2) is 25.0 Å². The van der Waals surface area contributed by atoms with Crippen LogP contribution in [0.3, 0.4) is 0 Å². The maximum Gasteiger partial charge on any atom is 0.252 e. The quantitative estimate of drug-likeness (QED) is 0.156. The topological polar surface area (TPSA) is 52.5 Å². The Morgan fingerprint density at radius 3 is 0.824 bits per heavy atom. The summed E-state index contributed by atoms with van der Waals surface area (Å²) < 4.78 is 173. The van der Waals surface area contributed by atoms with E-state index in [2.05, 4.69) is 256 Å². The van der Waals surface area contributed by atoms with E-state index in [9.17, 15) is 11.0 Å². The largest absolute Gasteiger partial charge is 0.452 e. The van der Waals surface area contributed by atoms with Crippen molar-refractivity contribution in [2.75, 3.05) is 9.80 Å². The third-order valence-corrected chi connectivity index (χ3v) is 25.4. The molecule has 0 N–H and O–H groups in total. The highest BCUT2D eigenvalue weighted by molar-refractivity contribution is 7.00. The van der Waals surface area contributed by atoms with Crippen molar-refractivity contribution in [2.24, 2.45) is 0 Å². The van der Waals surface area contributed by atoms with Gasteiger partial charge in [0.1, 0.15) is 0 Å². The van der Waals surface area contributed by atoms with Crippen molar-refractivity contribution in [3.8, 4) is 22.7 Å². The molecule has 21 aromatic rings. The SMILES string of the molecule is [2H]c1c([2H])c([2H])c2c(c1[2H])c1c([2H])c([2H])c([2H])c([2H])c1n2-c1cccc2c1oc1c(N3c4cc(-n5c6ccc(C(C)(C)C)cc6c6cc(C(C)(C)C)ccc65)ccc4B4c5ccc(-n6c7ccc(C(C)(C)C)cc7c7cc(C(C)(C)C)ccc76)cc5N(c5cccc6c5oc5c(-n7c8c([2H])c([2H])c([2H])c([2H])c8c8c([2H])c([2H])c([2H])c([2H])c87)cccc56)c5cc(C(C)(C)C)cc3c54)cccc12. The van der Waals surface area contributed by atoms with Crippen molar-refractivity contribution < 1.29 is 30.8 Å². The second-order valence-electron chi connectivity index (χ2n) is 37.8. The molecule has 6 aromatic heterocycles. The zero-order valence-corrected chi connectivity index (χ0v) is 69.1. The predicted octanol–water partition coefficient (Wildman–Crippen LogP) is 28.4. The van der Waals surface area contributed by atoms with Crippen LogP contribution in [0.15, 0.2) is 300 Å². The van der Waals surface area contributed by atoms with E-state index in [1.807, 2.05) is 48.5 Å². The fourth-order valence-electron chi connectivity index (χ4n) is 19.3. The van der Waals surface area contributed by atoms with E-state index in [1.54, 1.807) is 12.1 Å². The van der Waals surface area contributed by atoms with Crippen LogP contribution in [-0.2, 0) is 27.1 Å². The monoisotopic (exact) mass is 1560 g/mol. The number of fused-ring (bicyclic) bond motifs is 22. The van der Waals surface area contributed by atoms with Crippen LogP contribution >= 0.6 is 0 Å². The van der Waals surface area contributed by atoms with Gasteiger partial charge in [-0.05, 0) is 205 Å². The highest BCUT2D eigenvalue weighted by Crippen LogP contribution is 2.54. The van der Waals surface area contributed by atoms with Gasteiger partial charge >= 0.3 is 0 Å². The second-order valence-corrected chi connectivity index (χ2v) is 37.8. The normalized spacial score (nSPS) is 15.5. The van der Waals surface area contributed by atoms with E-state index in [1.165, 1.54) is 31.4 Å². The van der Waals surface area contributed by atoms with Gasteiger partial charge in [0.05, 0.1) is 88.8 Å². The van der Waals surface area contributed by atoms with Gasteiger partial charge < -0.3 is 36.9 Å². The van der Waals surface area contributed by atoms with Gasteiger partial charge in [-0.15, -0.1) is 0 Å². The highest BCUT2D eigenvalue weighted by Gasteiger charge is 2.46. The van der Waals surface area contributed by atoms with Crippen molar-refractivity contribution in [3.63, 3.8) is 0 Å². The molecule has 0 unspecified atom stereocenters. The van der Waals surface area contributed by atoms with E-state index in [4.69, 9.17) is 19.8 Å². The van der Waals surface area contributed by atoms with Gasteiger partial charge in [-0.25, -0.2) is 0 Å². The van der Waals surface area contributed by atoms with Crippen LogP contribution in [0.2, 0.25) is 0 Å². The molecule has 0 radical (unpaired) electrons. The van der Waals surface area contributed by atoms with Gasteiger partial charge in [0.15, 0.2) is 22.3 Å². The summed E-state index contributed by atoms with van der Waals surface area (Å²) in [7, 11) is 0. The fraction of sp³-hybridized carbons (Fsp3) is 0.182. The molecule has 23 rings (SSSR count). The first-order chi connectivity index (χ1) is 63.8. The minimum absolute atomic E-state index is 0.0465. The lowest BCUT2D eigenvalue weighted by Gasteiger charge is -2.45. The van der Waals surface area contributed by atoms with E-state index in [0.29, 0.717) is 44.1 Å². The lowest BCUT2D eigenvalue weighted by atomic mass is 9.33. The Bertz CT molecular complexity index is 8220. The first-order valence-corrected chi connectivity index (χ1v) is 41.0. The van der Waals surface area contributed by atoms with Crippen LogP contribution in [0.25, 0.3) is 154 Å². The smallest absolute Gasteiger partial charge is 0.252 e. The molecule has 0 atom stereocenters. The van der Waals surface area contributed by atoms with Gasteiger partial charge in [-0.1, -0.05) is 261 Å². The minimum atomic E-state index is -0.607. The Morgan fingerprint density at radius 2 is 0.521 bits per heavy atom. The van der Waals surface area contributed by atoms with E-state index < -0.39 is 109 Å². The Balaban J connectivity index is 0.854. The summed E-state index contributed by atoms with van der Waals surface area (Å²) in [5, 5.41) is 6.77. The summed E-state index contributed by atoms with van der Waals surface area (Å²) in [5.41, 5.74) is 19.2. The lowest BCUT2D eigenvalue weighted by molar-refractivity contribution is 0.590. The average Bonchev–Trinajstić information content (AvgIpc) is 1.66. The third kappa shape index (κ3) is 10.4. The van der Waals surface area contributed by atoms with E-state index in [-0.39, 0.29) is 87.8 Å². The number of para-hydroxylation sites is 8. The standard InChI is InChI=1S/C110H93BN6O2/c1-106(2,3)64-44-52-89-79(56-64)80-57-65(107(4,5)6)45-53-90(80)112(89)69-48-50-83-97(62-69)116(95-42-26-34-77-75-32-24-40-93(102(75)118-104(77)95)114-85-36-20-16-28-71(85)72-29-17-21-37-86(72)114)99-60-68(110(13,14)15)61-100-101(99)111(83)84-51-49-70(113-91-54-46-66(108(7,8)9)58-81(91)82-59-67(109(10,11)12)47-55-92(82)113)63-98(84)117(100)96-43-27-35-78-76-33-25-41-94(103(76)119-105(78)96)115-87-38-22-18-30-73(87)74-31-19-23-39-88(74)115/h16-63H,1-15H3/i16D,17D,18D,19D,20D,21D,22D,23D,28D,29D,30D,31D,36D,37D,38D,39D. The third-order valence-electron chi connectivity index (χ3n) is 25.4. The first kappa shape index (κ1) is 56.2. The summed E-state index contributed by atoms with van der Waals surface area (Å²) in [6, 6.07) is 61.0. The number of furan rings is 2. The lowest BCUT2D eigenvalue weighted by Crippen LogP contribution is -2.61. The molecule has 119 heavy (non-hydrogen) atoms. The molecule has 0 bridgehead atoms. The molecule has 0 saturated heterocycles. The molecule has 2 aliphatic heterocycles. The zero-order valence-electron chi connectivity index (χ0n) is 85.1. The van der Waals surface area contributed by atoms with Gasteiger partial charge in [-0.2, -0.15) is 0 Å². The van der Waals surface area contributed by atoms with Gasteiger partial charge in [0.2, 0.25) is 0 Å². The molecular formula is C110H93BN6O2. The number of benzene rings is 15. The maximum absolute atomic E-state index is 9.70. The van der Waals surface area contributed by atoms with Crippen molar-refractivity contribution in [3.05, 3.63) is 319 Å². The Kier molecular flexibility index (Phi) is 11.7. The molecule has 578 valence electrons. The van der Waals surface area contributed by atoms with Crippen LogP contribution in [0, 0.1) is 0 Å². The molecule has 0 saturated carbocycles. The zero-order chi connectivity index (χ0) is 95.1. The number of hydrogen-bond acceptors (Lipinski definition) is 4. The Morgan fingerprint density at radius 1 is 0.235 bits per heavy atom. The van der Waals surface area contributed by atoms with Crippen molar-refractivity contribution in [1.82, 2.24) is 18.3 Å². The van der Waals surface area contributed by atoms with Gasteiger partial charge in [0.25, 0.3) is 6.71 Å². The molecule has 9 heteroatoms. The predicted molar refractivity (Wildman–Crippen MR) is 506 cm³/mol. The molecule has 0 fully saturated rings. The molecule has 0 amide bonds. The molecule has 0 spiro atoms.